The predicted molar refractivity (Wildman–Crippen MR) is 92.4 cm³/mol. The molecule has 0 saturated heterocycles. The predicted octanol–water partition coefficient (Wildman–Crippen LogP) is 3.50. The zero-order valence-corrected chi connectivity index (χ0v) is 14.4. The lowest BCUT2D eigenvalue weighted by Crippen LogP contribution is -2.13. The van der Waals surface area contributed by atoms with Crippen LogP contribution in [0.5, 0.6) is 5.75 Å². The molecule has 0 spiro atoms. The molecule has 0 saturated carbocycles. The molecule has 0 aromatic heterocycles. The van der Waals surface area contributed by atoms with Crippen LogP contribution < -0.4 is 10.1 Å². The lowest BCUT2D eigenvalue weighted by atomic mass is 10.1. The van der Waals surface area contributed by atoms with Gasteiger partial charge in [-0.2, -0.15) is 0 Å². The number of carbonyl (C=O) groups is 2. The minimum atomic E-state index is -0.449. The van der Waals surface area contributed by atoms with Gasteiger partial charge in [-0.3, -0.25) is 4.79 Å². The summed E-state index contributed by atoms with van der Waals surface area (Å²) in [6.45, 7) is 1.79. The smallest absolute Gasteiger partial charge is 0.337 e. The Hall–Kier alpha value is -2.89. The van der Waals surface area contributed by atoms with E-state index in [4.69, 9.17) is 4.74 Å². The summed E-state index contributed by atoms with van der Waals surface area (Å²) >= 11 is 0. The summed E-state index contributed by atoms with van der Waals surface area (Å²) in [6, 6.07) is 9.53. The Labute approximate surface area is 145 Å². The van der Waals surface area contributed by atoms with E-state index in [1.54, 1.807) is 31.2 Å². The number of hydrogen-bond donors (Lipinski definition) is 1. The van der Waals surface area contributed by atoms with Crippen LogP contribution in [0.2, 0.25) is 0 Å². The van der Waals surface area contributed by atoms with Gasteiger partial charge in [0, 0.05) is 12.1 Å². The molecule has 0 aliphatic rings. The average Bonchev–Trinajstić information content (AvgIpc) is 2.61. The Morgan fingerprint density at radius 1 is 1.12 bits per heavy atom. The average molecular weight is 345 g/mol. The van der Waals surface area contributed by atoms with Crippen LogP contribution in [-0.2, 0) is 16.0 Å². The van der Waals surface area contributed by atoms with Crippen molar-refractivity contribution in [2.45, 2.75) is 19.8 Å². The summed E-state index contributed by atoms with van der Waals surface area (Å²) in [5, 5.41) is 2.79. The van der Waals surface area contributed by atoms with Crippen LogP contribution in [0.25, 0.3) is 0 Å². The molecular weight excluding hydrogens is 325 g/mol. The molecule has 2 aromatic carbocycles. The van der Waals surface area contributed by atoms with Gasteiger partial charge in [0.1, 0.15) is 0 Å². The van der Waals surface area contributed by atoms with Gasteiger partial charge >= 0.3 is 5.97 Å². The van der Waals surface area contributed by atoms with Crippen LogP contribution in [0, 0.1) is 12.7 Å². The van der Waals surface area contributed by atoms with Crippen LogP contribution in [0.4, 0.5) is 10.1 Å². The van der Waals surface area contributed by atoms with Crippen molar-refractivity contribution in [3.05, 3.63) is 58.9 Å². The third kappa shape index (κ3) is 4.79. The Kier molecular flexibility index (Phi) is 6.11. The highest BCUT2D eigenvalue weighted by molar-refractivity contribution is 5.94. The third-order valence-electron chi connectivity index (χ3n) is 3.78. The van der Waals surface area contributed by atoms with Gasteiger partial charge in [-0.1, -0.05) is 6.07 Å². The van der Waals surface area contributed by atoms with Gasteiger partial charge < -0.3 is 14.8 Å². The number of rotatable bonds is 6. The first-order valence-electron chi connectivity index (χ1n) is 7.76. The molecule has 0 aliphatic carbocycles. The number of benzene rings is 2. The van der Waals surface area contributed by atoms with Crippen LogP contribution in [0.3, 0.4) is 0 Å². The van der Waals surface area contributed by atoms with Gasteiger partial charge in [-0.05, 0) is 54.8 Å². The minimum absolute atomic E-state index is 0.175. The van der Waals surface area contributed by atoms with E-state index in [1.165, 1.54) is 26.4 Å². The van der Waals surface area contributed by atoms with Gasteiger partial charge in [-0.25, -0.2) is 9.18 Å². The van der Waals surface area contributed by atoms with E-state index in [0.29, 0.717) is 23.2 Å². The maximum Gasteiger partial charge on any atom is 0.337 e. The highest BCUT2D eigenvalue weighted by Gasteiger charge is 2.10. The molecule has 0 bridgehead atoms. The Balaban J connectivity index is 1.96. The number of carbonyl (C=O) groups excluding carboxylic acids is 2. The van der Waals surface area contributed by atoms with Crippen LogP contribution in [0.15, 0.2) is 36.4 Å². The maximum absolute atomic E-state index is 13.6. The summed E-state index contributed by atoms with van der Waals surface area (Å²) in [4.78, 5) is 23.6. The number of aryl methyl sites for hydroxylation is 2. The topological polar surface area (TPSA) is 64.6 Å². The quantitative estimate of drug-likeness (QED) is 0.814. The van der Waals surface area contributed by atoms with Crippen LogP contribution >= 0.6 is 0 Å². The van der Waals surface area contributed by atoms with Crippen LogP contribution in [-0.4, -0.2) is 26.1 Å². The molecule has 25 heavy (non-hydrogen) atoms. The molecule has 132 valence electrons. The normalized spacial score (nSPS) is 10.2. The Bertz CT molecular complexity index is 789. The number of anilines is 1. The van der Waals surface area contributed by atoms with E-state index in [-0.39, 0.29) is 18.1 Å². The van der Waals surface area contributed by atoms with Crippen molar-refractivity contribution < 1.29 is 23.5 Å². The van der Waals surface area contributed by atoms with Crippen molar-refractivity contribution in [1.29, 1.82) is 0 Å². The molecule has 1 N–H and O–H groups in total. The second-order valence-corrected chi connectivity index (χ2v) is 5.54. The van der Waals surface area contributed by atoms with Crippen molar-refractivity contribution in [3.63, 3.8) is 0 Å². The standard InChI is InChI=1S/C19H20FNO4/c1-12-10-14(19(23)25-3)6-7-16(12)21-18(22)9-5-13-4-8-17(24-2)15(20)11-13/h4,6-8,10-11H,5,9H2,1-3H3,(H,21,22). The van der Waals surface area contributed by atoms with Gasteiger partial charge in [-0.15, -0.1) is 0 Å². The van der Waals surface area contributed by atoms with E-state index in [2.05, 4.69) is 10.1 Å². The maximum atomic E-state index is 13.6. The second-order valence-electron chi connectivity index (χ2n) is 5.54. The zero-order chi connectivity index (χ0) is 18.4. The number of nitrogens with one attached hydrogen (secondary N) is 1. The van der Waals surface area contributed by atoms with Gasteiger partial charge in [0.05, 0.1) is 19.8 Å². The molecule has 0 fully saturated rings. The number of ether oxygens (including phenoxy) is 2. The SMILES string of the molecule is COC(=O)c1ccc(NC(=O)CCc2ccc(OC)c(F)c2)c(C)c1. The summed E-state index contributed by atoms with van der Waals surface area (Å²) in [5.74, 6) is -0.892. The lowest BCUT2D eigenvalue weighted by molar-refractivity contribution is -0.116. The summed E-state index contributed by atoms with van der Waals surface area (Å²) in [5.41, 5.74) is 2.52. The monoisotopic (exact) mass is 345 g/mol. The van der Waals surface area contributed by atoms with Crippen LogP contribution in [0.1, 0.15) is 27.9 Å². The zero-order valence-electron chi connectivity index (χ0n) is 14.4. The van der Waals surface area contributed by atoms with E-state index < -0.39 is 11.8 Å². The molecule has 6 heteroatoms. The van der Waals surface area contributed by atoms with Crippen molar-refractivity contribution in [1.82, 2.24) is 0 Å². The first-order chi connectivity index (χ1) is 11.9. The van der Waals surface area contributed by atoms with Crippen molar-refractivity contribution in [2.24, 2.45) is 0 Å². The Morgan fingerprint density at radius 2 is 1.88 bits per heavy atom. The molecule has 5 nitrogen and oxygen atoms in total. The number of amides is 1. The highest BCUT2D eigenvalue weighted by Crippen LogP contribution is 2.20. The van der Waals surface area contributed by atoms with Crippen molar-refractivity contribution >= 4 is 17.6 Å². The molecule has 0 heterocycles. The van der Waals surface area contributed by atoms with E-state index in [1.807, 2.05) is 0 Å². The fourth-order valence-electron chi connectivity index (χ4n) is 2.38. The van der Waals surface area contributed by atoms with E-state index in [0.717, 1.165) is 5.56 Å². The van der Waals surface area contributed by atoms with Crippen molar-refractivity contribution in [2.75, 3.05) is 19.5 Å². The largest absolute Gasteiger partial charge is 0.494 e. The fourth-order valence-corrected chi connectivity index (χ4v) is 2.38. The number of methoxy groups -OCH3 is 2. The Morgan fingerprint density at radius 3 is 2.48 bits per heavy atom. The van der Waals surface area contributed by atoms with Gasteiger partial charge in [0.25, 0.3) is 0 Å². The number of hydrogen-bond acceptors (Lipinski definition) is 4. The molecule has 2 rings (SSSR count). The minimum Gasteiger partial charge on any atom is -0.494 e. The molecule has 0 atom stereocenters. The molecule has 2 aromatic rings. The summed E-state index contributed by atoms with van der Waals surface area (Å²) in [6.07, 6.45) is 0.621. The van der Waals surface area contributed by atoms with Gasteiger partial charge in [0.15, 0.2) is 11.6 Å². The molecule has 0 radical (unpaired) electrons. The lowest BCUT2D eigenvalue weighted by Gasteiger charge is -2.10. The summed E-state index contributed by atoms with van der Waals surface area (Å²) in [7, 11) is 2.72. The van der Waals surface area contributed by atoms with Gasteiger partial charge in [0.2, 0.25) is 5.91 Å². The number of halogens is 1. The van der Waals surface area contributed by atoms with E-state index >= 15 is 0 Å². The molecular formula is C19H20FNO4. The first-order valence-corrected chi connectivity index (χ1v) is 7.76. The second kappa shape index (κ2) is 8.28. The van der Waals surface area contributed by atoms with Crippen molar-refractivity contribution in [3.8, 4) is 5.75 Å². The fraction of sp³-hybridized carbons (Fsp3) is 0.263. The third-order valence-corrected chi connectivity index (χ3v) is 3.78. The summed E-state index contributed by atoms with van der Waals surface area (Å²) < 4.78 is 23.2. The first kappa shape index (κ1) is 18.4. The molecule has 0 unspecified atom stereocenters. The molecule has 0 aliphatic heterocycles. The molecule has 1 amide bonds. The highest BCUT2D eigenvalue weighted by atomic mass is 19.1. The van der Waals surface area contributed by atoms with E-state index in [9.17, 15) is 14.0 Å². The number of esters is 1.